The zero-order valence-electron chi connectivity index (χ0n) is 10.7. The van der Waals surface area contributed by atoms with Gasteiger partial charge in [-0.05, 0) is 31.0 Å². The van der Waals surface area contributed by atoms with E-state index in [2.05, 4.69) is 26.1 Å². The SMILES string of the molecule is CCCNC(c1ccc(COC)o1)C(C)C. The van der Waals surface area contributed by atoms with E-state index in [0.717, 1.165) is 24.5 Å². The van der Waals surface area contributed by atoms with Crippen LogP contribution in [0.25, 0.3) is 0 Å². The fourth-order valence-electron chi connectivity index (χ4n) is 1.75. The summed E-state index contributed by atoms with van der Waals surface area (Å²) in [5, 5.41) is 3.51. The summed E-state index contributed by atoms with van der Waals surface area (Å²) < 4.78 is 10.8. The monoisotopic (exact) mass is 225 g/mol. The van der Waals surface area contributed by atoms with Gasteiger partial charge in [0.1, 0.15) is 18.1 Å². The molecule has 0 aliphatic carbocycles. The van der Waals surface area contributed by atoms with Crippen molar-refractivity contribution in [3.05, 3.63) is 23.7 Å². The molecule has 92 valence electrons. The Morgan fingerprint density at radius 2 is 2.12 bits per heavy atom. The summed E-state index contributed by atoms with van der Waals surface area (Å²) in [4.78, 5) is 0. The number of furan rings is 1. The van der Waals surface area contributed by atoms with E-state index in [1.54, 1.807) is 7.11 Å². The van der Waals surface area contributed by atoms with E-state index < -0.39 is 0 Å². The number of methoxy groups -OCH3 is 1. The van der Waals surface area contributed by atoms with E-state index in [4.69, 9.17) is 9.15 Å². The summed E-state index contributed by atoms with van der Waals surface area (Å²) >= 11 is 0. The first-order valence-electron chi connectivity index (χ1n) is 6.00. The van der Waals surface area contributed by atoms with Gasteiger partial charge in [0, 0.05) is 7.11 Å². The van der Waals surface area contributed by atoms with Gasteiger partial charge in [0.2, 0.25) is 0 Å². The predicted molar refractivity (Wildman–Crippen MR) is 65.3 cm³/mol. The molecule has 0 aromatic carbocycles. The van der Waals surface area contributed by atoms with Crippen LogP contribution in [-0.4, -0.2) is 13.7 Å². The molecule has 0 radical (unpaired) electrons. The lowest BCUT2D eigenvalue weighted by molar-refractivity contribution is 0.160. The van der Waals surface area contributed by atoms with Gasteiger partial charge < -0.3 is 14.5 Å². The molecule has 1 rings (SSSR count). The van der Waals surface area contributed by atoms with Crippen LogP contribution in [0.2, 0.25) is 0 Å². The summed E-state index contributed by atoms with van der Waals surface area (Å²) in [6.07, 6.45) is 1.13. The van der Waals surface area contributed by atoms with Crippen molar-refractivity contribution >= 4 is 0 Å². The third kappa shape index (κ3) is 3.65. The standard InChI is InChI=1S/C13H23NO2/c1-5-8-14-13(10(2)3)12-7-6-11(16-12)9-15-4/h6-7,10,13-14H,5,8-9H2,1-4H3. The van der Waals surface area contributed by atoms with E-state index in [9.17, 15) is 0 Å². The Labute approximate surface area is 98.2 Å². The second kappa shape index (κ2) is 6.71. The summed E-state index contributed by atoms with van der Waals surface area (Å²) in [6.45, 7) is 8.13. The van der Waals surface area contributed by atoms with Gasteiger partial charge >= 0.3 is 0 Å². The zero-order chi connectivity index (χ0) is 12.0. The highest BCUT2D eigenvalue weighted by atomic mass is 16.5. The van der Waals surface area contributed by atoms with Crippen molar-refractivity contribution in [2.45, 2.75) is 39.8 Å². The maximum atomic E-state index is 5.76. The highest BCUT2D eigenvalue weighted by Crippen LogP contribution is 2.23. The van der Waals surface area contributed by atoms with Gasteiger partial charge in [-0.25, -0.2) is 0 Å². The first-order chi connectivity index (χ1) is 7.69. The molecule has 0 aliphatic rings. The molecule has 0 saturated heterocycles. The molecule has 3 heteroatoms. The molecule has 1 aromatic heterocycles. The predicted octanol–water partition coefficient (Wildman–Crippen LogP) is 3.12. The van der Waals surface area contributed by atoms with Crippen LogP contribution in [0.15, 0.2) is 16.5 Å². The summed E-state index contributed by atoms with van der Waals surface area (Å²) in [5.74, 6) is 2.42. The maximum absolute atomic E-state index is 5.76. The van der Waals surface area contributed by atoms with Crippen LogP contribution in [-0.2, 0) is 11.3 Å². The van der Waals surface area contributed by atoms with E-state index in [-0.39, 0.29) is 0 Å². The topological polar surface area (TPSA) is 34.4 Å². The zero-order valence-corrected chi connectivity index (χ0v) is 10.7. The summed E-state index contributed by atoms with van der Waals surface area (Å²) in [6, 6.07) is 4.33. The lowest BCUT2D eigenvalue weighted by Crippen LogP contribution is -2.25. The van der Waals surface area contributed by atoms with Crippen LogP contribution in [0.5, 0.6) is 0 Å². The van der Waals surface area contributed by atoms with E-state index >= 15 is 0 Å². The third-order valence-electron chi connectivity index (χ3n) is 2.56. The maximum Gasteiger partial charge on any atom is 0.129 e. The van der Waals surface area contributed by atoms with Gasteiger partial charge in [-0.2, -0.15) is 0 Å². The van der Waals surface area contributed by atoms with Gasteiger partial charge in [0.15, 0.2) is 0 Å². The van der Waals surface area contributed by atoms with Crippen molar-refractivity contribution in [1.29, 1.82) is 0 Å². The van der Waals surface area contributed by atoms with Gasteiger partial charge in [-0.1, -0.05) is 20.8 Å². The van der Waals surface area contributed by atoms with Gasteiger partial charge in [-0.3, -0.25) is 0 Å². The molecule has 3 nitrogen and oxygen atoms in total. The van der Waals surface area contributed by atoms with Gasteiger partial charge in [-0.15, -0.1) is 0 Å². The average Bonchev–Trinajstić information content (AvgIpc) is 2.67. The Bertz CT molecular complexity index is 294. The minimum absolute atomic E-state index is 0.297. The highest BCUT2D eigenvalue weighted by Gasteiger charge is 2.18. The fourth-order valence-corrected chi connectivity index (χ4v) is 1.75. The molecule has 0 spiro atoms. The van der Waals surface area contributed by atoms with Crippen molar-refractivity contribution in [2.75, 3.05) is 13.7 Å². The van der Waals surface area contributed by atoms with Crippen LogP contribution in [0, 0.1) is 5.92 Å². The molecule has 1 aromatic rings. The summed E-state index contributed by atoms with van der Waals surface area (Å²) in [5.41, 5.74) is 0. The molecule has 1 N–H and O–H groups in total. The Balaban J connectivity index is 2.68. The Kier molecular flexibility index (Phi) is 5.56. The third-order valence-corrected chi connectivity index (χ3v) is 2.56. The molecule has 1 atom stereocenters. The minimum Gasteiger partial charge on any atom is -0.462 e. The molecular weight excluding hydrogens is 202 g/mol. The number of hydrogen-bond donors (Lipinski definition) is 1. The Morgan fingerprint density at radius 1 is 1.38 bits per heavy atom. The molecule has 16 heavy (non-hydrogen) atoms. The lowest BCUT2D eigenvalue weighted by atomic mass is 10.0. The van der Waals surface area contributed by atoms with Gasteiger partial charge in [0.05, 0.1) is 6.04 Å². The first-order valence-corrected chi connectivity index (χ1v) is 6.00. The number of nitrogens with one attached hydrogen (secondary N) is 1. The number of rotatable bonds is 7. The summed E-state index contributed by atoms with van der Waals surface area (Å²) in [7, 11) is 1.68. The van der Waals surface area contributed by atoms with E-state index in [1.807, 2.05) is 12.1 Å². The van der Waals surface area contributed by atoms with Gasteiger partial charge in [0.25, 0.3) is 0 Å². The highest BCUT2D eigenvalue weighted by molar-refractivity contribution is 5.11. The van der Waals surface area contributed by atoms with E-state index in [1.165, 1.54) is 0 Å². The van der Waals surface area contributed by atoms with Crippen molar-refractivity contribution in [3.8, 4) is 0 Å². The largest absolute Gasteiger partial charge is 0.462 e. The van der Waals surface area contributed by atoms with Crippen LogP contribution in [0.4, 0.5) is 0 Å². The molecule has 0 bridgehead atoms. The normalized spacial score (nSPS) is 13.3. The molecule has 1 unspecified atom stereocenters. The number of hydrogen-bond acceptors (Lipinski definition) is 3. The van der Waals surface area contributed by atoms with Crippen LogP contribution < -0.4 is 5.32 Å². The molecule has 1 heterocycles. The van der Waals surface area contributed by atoms with Crippen molar-refractivity contribution < 1.29 is 9.15 Å². The van der Waals surface area contributed by atoms with Crippen molar-refractivity contribution in [2.24, 2.45) is 5.92 Å². The Morgan fingerprint density at radius 3 is 2.69 bits per heavy atom. The minimum atomic E-state index is 0.297. The molecule has 0 fully saturated rings. The van der Waals surface area contributed by atoms with Crippen molar-refractivity contribution in [1.82, 2.24) is 5.32 Å². The molecule has 0 saturated carbocycles. The van der Waals surface area contributed by atoms with Crippen molar-refractivity contribution in [3.63, 3.8) is 0 Å². The number of ether oxygens (including phenoxy) is 1. The quantitative estimate of drug-likeness (QED) is 0.774. The lowest BCUT2D eigenvalue weighted by Gasteiger charge is -2.19. The average molecular weight is 225 g/mol. The Hall–Kier alpha value is -0.800. The first kappa shape index (κ1) is 13.3. The van der Waals surface area contributed by atoms with Crippen LogP contribution in [0.1, 0.15) is 44.8 Å². The van der Waals surface area contributed by atoms with E-state index in [0.29, 0.717) is 18.6 Å². The van der Waals surface area contributed by atoms with Crippen LogP contribution in [0.3, 0.4) is 0 Å². The molecule has 0 aliphatic heterocycles. The van der Waals surface area contributed by atoms with Crippen LogP contribution >= 0.6 is 0 Å². The smallest absolute Gasteiger partial charge is 0.129 e. The second-order valence-electron chi connectivity index (χ2n) is 4.41. The second-order valence-corrected chi connectivity index (χ2v) is 4.41. The molecule has 0 amide bonds. The molecular formula is C13H23NO2. The fraction of sp³-hybridized carbons (Fsp3) is 0.692.